The summed E-state index contributed by atoms with van der Waals surface area (Å²) >= 11 is 0. The van der Waals surface area contributed by atoms with Crippen molar-refractivity contribution in [1.82, 2.24) is 4.90 Å². The van der Waals surface area contributed by atoms with Crippen molar-refractivity contribution in [3.8, 4) is 0 Å². The minimum atomic E-state index is 1.03. The number of nitrogens with zero attached hydrogens (tertiary/aromatic N) is 1. The van der Waals surface area contributed by atoms with Crippen LogP contribution in [0.5, 0.6) is 0 Å². The van der Waals surface area contributed by atoms with E-state index in [9.17, 15) is 0 Å². The molecule has 1 heteroatoms. The minimum absolute atomic E-state index is 1.03. The monoisotopic (exact) mass is 177 g/mol. The van der Waals surface area contributed by atoms with E-state index in [4.69, 9.17) is 0 Å². The number of hydrogen-bond donors (Lipinski definition) is 0. The van der Waals surface area contributed by atoms with E-state index in [-0.39, 0.29) is 0 Å². The summed E-state index contributed by atoms with van der Waals surface area (Å²) < 4.78 is 0. The quantitative estimate of drug-likeness (QED) is 0.686. The molecule has 1 nitrogen and oxygen atoms in total. The minimum Gasteiger partial charge on any atom is -0.305 e. The highest BCUT2D eigenvalue weighted by Crippen LogP contribution is 2.12. The lowest BCUT2D eigenvalue weighted by Gasteiger charge is -2.11. The van der Waals surface area contributed by atoms with Gasteiger partial charge < -0.3 is 4.90 Å². The van der Waals surface area contributed by atoms with Crippen molar-refractivity contribution in [1.29, 1.82) is 0 Å². The van der Waals surface area contributed by atoms with Crippen LogP contribution in [-0.2, 0) is 13.0 Å². The van der Waals surface area contributed by atoms with Crippen LogP contribution < -0.4 is 0 Å². The van der Waals surface area contributed by atoms with Crippen LogP contribution in [0.3, 0.4) is 0 Å². The van der Waals surface area contributed by atoms with Gasteiger partial charge in [-0.25, -0.2) is 0 Å². The zero-order chi connectivity index (χ0) is 9.84. The normalized spacial score (nSPS) is 10.8. The van der Waals surface area contributed by atoms with Gasteiger partial charge in [-0.3, -0.25) is 0 Å². The maximum Gasteiger partial charge on any atom is 0.0227 e. The van der Waals surface area contributed by atoms with E-state index in [0.29, 0.717) is 0 Å². The van der Waals surface area contributed by atoms with Gasteiger partial charge in [0.05, 0.1) is 0 Å². The van der Waals surface area contributed by atoms with Crippen molar-refractivity contribution in [2.24, 2.45) is 0 Å². The summed E-state index contributed by atoms with van der Waals surface area (Å²) in [5.74, 6) is 0. The summed E-state index contributed by atoms with van der Waals surface area (Å²) in [6, 6.07) is 6.75. The lowest BCUT2D eigenvalue weighted by Crippen LogP contribution is -2.10. The van der Waals surface area contributed by atoms with Crippen molar-refractivity contribution in [3.63, 3.8) is 0 Å². The number of rotatable bonds is 3. The molecule has 72 valence electrons. The summed E-state index contributed by atoms with van der Waals surface area (Å²) in [7, 11) is 4.21. The summed E-state index contributed by atoms with van der Waals surface area (Å²) in [4.78, 5) is 2.20. The Hall–Kier alpha value is -0.820. The Morgan fingerprint density at radius 2 is 1.92 bits per heavy atom. The van der Waals surface area contributed by atoms with Gasteiger partial charge >= 0.3 is 0 Å². The van der Waals surface area contributed by atoms with Gasteiger partial charge in [-0.15, -0.1) is 0 Å². The van der Waals surface area contributed by atoms with Gasteiger partial charge in [0, 0.05) is 6.54 Å². The summed E-state index contributed by atoms with van der Waals surface area (Å²) in [5.41, 5.74) is 4.29. The SMILES string of the molecule is CCc1cc(CN(C)C)ccc1C. The fourth-order valence-corrected chi connectivity index (χ4v) is 1.57. The van der Waals surface area contributed by atoms with Crippen LogP contribution in [0.4, 0.5) is 0 Å². The van der Waals surface area contributed by atoms with E-state index in [1.54, 1.807) is 0 Å². The first kappa shape index (κ1) is 10.3. The Labute approximate surface area is 81.4 Å². The zero-order valence-electron chi connectivity index (χ0n) is 9.09. The Kier molecular flexibility index (Phi) is 3.49. The second-order valence-electron chi connectivity index (χ2n) is 3.85. The Balaban J connectivity index is 2.86. The van der Waals surface area contributed by atoms with Gasteiger partial charge in [0.25, 0.3) is 0 Å². The van der Waals surface area contributed by atoms with Gasteiger partial charge in [-0.1, -0.05) is 25.1 Å². The molecule has 0 aliphatic carbocycles. The molecule has 0 aromatic heterocycles. The third-order valence-corrected chi connectivity index (χ3v) is 2.29. The first-order chi connectivity index (χ1) is 6.13. The standard InChI is InChI=1S/C12H19N/c1-5-12-8-11(9-13(3)4)7-6-10(12)2/h6-8H,5,9H2,1-4H3. The van der Waals surface area contributed by atoms with Gasteiger partial charge in [-0.05, 0) is 44.1 Å². The van der Waals surface area contributed by atoms with E-state index >= 15 is 0 Å². The van der Waals surface area contributed by atoms with Gasteiger partial charge in [0.15, 0.2) is 0 Å². The second kappa shape index (κ2) is 4.43. The topological polar surface area (TPSA) is 3.24 Å². The number of aryl methyl sites for hydroxylation is 2. The predicted molar refractivity (Wildman–Crippen MR) is 57.9 cm³/mol. The Morgan fingerprint density at radius 3 is 2.46 bits per heavy atom. The molecule has 0 atom stereocenters. The van der Waals surface area contributed by atoms with E-state index < -0.39 is 0 Å². The third kappa shape index (κ3) is 2.85. The molecule has 0 saturated heterocycles. The fourth-order valence-electron chi connectivity index (χ4n) is 1.57. The predicted octanol–water partition coefficient (Wildman–Crippen LogP) is 2.62. The van der Waals surface area contributed by atoms with Crippen molar-refractivity contribution in [2.75, 3.05) is 14.1 Å². The Morgan fingerprint density at radius 1 is 1.23 bits per heavy atom. The first-order valence-electron chi connectivity index (χ1n) is 4.86. The molecule has 0 aliphatic rings. The van der Waals surface area contributed by atoms with E-state index in [1.807, 2.05) is 0 Å². The molecule has 1 rings (SSSR count). The molecule has 13 heavy (non-hydrogen) atoms. The number of hydrogen-bond acceptors (Lipinski definition) is 1. The summed E-state index contributed by atoms with van der Waals surface area (Å²) in [6.45, 7) is 5.42. The van der Waals surface area contributed by atoms with Crippen molar-refractivity contribution in [2.45, 2.75) is 26.8 Å². The molecular formula is C12H19N. The maximum atomic E-state index is 2.31. The number of benzene rings is 1. The van der Waals surface area contributed by atoms with Gasteiger partial charge in [0.1, 0.15) is 0 Å². The van der Waals surface area contributed by atoms with Crippen LogP contribution in [0.15, 0.2) is 18.2 Å². The van der Waals surface area contributed by atoms with Crippen LogP contribution in [0, 0.1) is 6.92 Å². The van der Waals surface area contributed by atoms with Crippen molar-refractivity contribution in [3.05, 3.63) is 34.9 Å². The summed E-state index contributed by atoms with van der Waals surface area (Å²) in [6.07, 6.45) is 1.13. The van der Waals surface area contributed by atoms with Crippen LogP contribution in [0.2, 0.25) is 0 Å². The van der Waals surface area contributed by atoms with Crippen LogP contribution in [0.25, 0.3) is 0 Å². The van der Waals surface area contributed by atoms with Crippen molar-refractivity contribution >= 4 is 0 Å². The molecule has 0 bridgehead atoms. The molecule has 0 aliphatic heterocycles. The lowest BCUT2D eigenvalue weighted by atomic mass is 10.0. The molecule has 0 heterocycles. The average molecular weight is 177 g/mol. The second-order valence-corrected chi connectivity index (χ2v) is 3.85. The van der Waals surface area contributed by atoms with Gasteiger partial charge in [-0.2, -0.15) is 0 Å². The highest BCUT2D eigenvalue weighted by atomic mass is 15.0. The lowest BCUT2D eigenvalue weighted by molar-refractivity contribution is 0.402. The molecule has 0 amide bonds. The molecule has 0 radical (unpaired) electrons. The highest BCUT2D eigenvalue weighted by Gasteiger charge is 1.99. The molecule has 0 fully saturated rings. The fraction of sp³-hybridized carbons (Fsp3) is 0.500. The van der Waals surface area contributed by atoms with Gasteiger partial charge in [0.2, 0.25) is 0 Å². The molecule has 0 spiro atoms. The van der Waals surface area contributed by atoms with Crippen LogP contribution >= 0.6 is 0 Å². The van der Waals surface area contributed by atoms with E-state index in [2.05, 4.69) is 51.0 Å². The van der Waals surface area contributed by atoms with Crippen molar-refractivity contribution < 1.29 is 0 Å². The molecule has 0 unspecified atom stereocenters. The van der Waals surface area contributed by atoms with Crippen LogP contribution in [-0.4, -0.2) is 19.0 Å². The smallest absolute Gasteiger partial charge is 0.0227 e. The molecule has 0 saturated carbocycles. The molecular weight excluding hydrogens is 158 g/mol. The molecule has 1 aromatic carbocycles. The van der Waals surface area contributed by atoms with E-state index in [1.165, 1.54) is 16.7 Å². The average Bonchev–Trinajstić information content (AvgIpc) is 2.07. The first-order valence-corrected chi connectivity index (χ1v) is 4.86. The summed E-state index contributed by atoms with van der Waals surface area (Å²) in [5, 5.41) is 0. The molecule has 1 aromatic rings. The third-order valence-electron chi connectivity index (χ3n) is 2.29. The largest absolute Gasteiger partial charge is 0.305 e. The molecule has 0 N–H and O–H groups in total. The van der Waals surface area contributed by atoms with Crippen LogP contribution in [0.1, 0.15) is 23.6 Å². The highest BCUT2D eigenvalue weighted by molar-refractivity contribution is 5.30. The zero-order valence-corrected chi connectivity index (χ0v) is 9.09. The maximum absolute atomic E-state index is 2.31. The Bertz CT molecular complexity index is 276. The van der Waals surface area contributed by atoms with E-state index in [0.717, 1.165) is 13.0 Å².